The second-order valence-corrected chi connectivity index (χ2v) is 16.8. The second kappa shape index (κ2) is 19.2. The van der Waals surface area contributed by atoms with Gasteiger partial charge in [-0.25, -0.2) is 9.78 Å². The van der Waals surface area contributed by atoms with E-state index in [2.05, 4.69) is 63.4 Å². The zero-order valence-corrected chi connectivity index (χ0v) is 34.6. The monoisotopic (exact) mass is 800 g/mol. The molecule has 2 atom stereocenters. The molecule has 0 radical (unpaired) electrons. The number of aromatic nitrogens is 2. The first kappa shape index (κ1) is 42.6. The number of hydrogen-bond donors (Lipinski definition) is 3. The van der Waals surface area contributed by atoms with Crippen molar-refractivity contribution in [2.75, 3.05) is 25.0 Å². The Labute approximate surface area is 346 Å². The number of carbonyl (C=O) groups excluding carboxylic acids is 4. The normalized spacial score (nSPS) is 14.6. The Bertz CT molecular complexity index is 2190. The van der Waals surface area contributed by atoms with E-state index in [0.29, 0.717) is 19.0 Å². The SMILES string of the molecule is CC(C)(C)OC(=O)NC(C)(C)C(=O)NC(COCc1ccccc1)C(=O)Nc1cn(C(C(=O)N2CCC(CCc3ccc4ccccc4c3)CC2)c2ccccc2)cn1. The largest absolute Gasteiger partial charge is 0.444 e. The van der Waals surface area contributed by atoms with Crippen molar-refractivity contribution in [3.8, 4) is 0 Å². The van der Waals surface area contributed by atoms with Crippen molar-refractivity contribution in [3.05, 3.63) is 132 Å². The first-order valence-electron chi connectivity index (χ1n) is 20.3. The molecule has 1 saturated heterocycles. The second-order valence-electron chi connectivity index (χ2n) is 16.8. The molecule has 310 valence electrons. The molecule has 1 aliphatic rings. The van der Waals surface area contributed by atoms with Crippen molar-refractivity contribution in [1.82, 2.24) is 25.1 Å². The number of ether oxygens (including phenoxy) is 2. The molecule has 2 unspecified atom stereocenters. The number of alkyl carbamates (subject to hydrolysis) is 1. The Kier molecular flexibility index (Phi) is 13.8. The van der Waals surface area contributed by atoms with Crippen molar-refractivity contribution >= 4 is 40.4 Å². The van der Waals surface area contributed by atoms with Gasteiger partial charge in [0, 0.05) is 19.3 Å². The smallest absolute Gasteiger partial charge is 0.408 e. The number of rotatable bonds is 15. The van der Waals surface area contributed by atoms with Gasteiger partial charge in [0.25, 0.3) is 5.91 Å². The van der Waals surface area contributed by atoms with Gasteiger partial charge in [-0.2, -0.15) is 0 Å². The van der Waals surface area contributed by atoms with Crippen LogP contribution in [-0.4, -0.2) is 75.1 Å². The first-order chi connectivity index (χ1) is 28.2. The maximum absolute atomic E-state index is 14.3. The van der Waals surface area contributed by atoms with Crippen molar-refractivity contribution in [3.63, 3.8) is 0 Å². The lowest BCUT2D eigenvalue weighted by Crippen LogP contribution is -2.59. The molecular formula is C47H56N6O6. The van der Waals surface area contributed by atoms with Gasteiger partial charge in [0.15, 0.2) is 5.82 Å². The summed E-state index contributed by atoms with van der Waals surface area (Å²) in [6.07, 6.45) is 6.32. The Morgan fingerprint density at radius 3 is 2.17 bits per heavy atom. The van der Waals surface area contributed by atoms with Gasteiger partial charge in [-0.3, -0.25) is 14.4 Å². The molecule has 0 spiro atoms. The highest BCUT2D eigenvalue weighted by atomic mass is 16.6. The average molecular weight is 801 g/mol. The summed E-state index contributed by atoms with van der Waals surface area (Å²) in [7, 11) is 0. The van der Waals surface area contributed by atoms with Gasteiger partial charge in [-0.05, 0) is 93.7 Å². The minimum atomic E-state index is -1.43. The molecule has 1 aromatic heterocycles. The number of imidazole rings is 1. The van der Waals surface area contributed by atoms with Crippen LogP contribution in [0.3, 0.4) is 0 Å². The molecule has 5 aromatic rings. The van der Waals surface area contributed by atoms with Crippen LogP contribution in [0, 0.1) is 5.92 Å². The summed E-state index contributed by atoms with van der Waals surface area (Å²) in [4.78, 5) is 60.7. The van der Waals surface area contributed by atoms with E-state index < -0.39 is 41.1 Å². The number of amides is 4. The molecule has 0 bridgehead atoms. The highest BCUT2D eigenvalue weighted by molar-refractivity contribution is 5.98. The van der Waals surface area contributed by atoms with E-state index in [-0.39, 0.29) is 24.9 Å². The predicted molar refractivity (Wildman–Crippen MR) is 228 cm³/mol. The quantitative estimate of drug-likeness (QED) is 0.0999. The summed E-state index contributed by atoms with van der Waals surface area (Å²) in [6, 6.07) is 32.2. The third-order valence-corrected chi connectivity index (χ3v) is 10.5. The van der Waals surface area contributed by atoms with Crippen LogP contribution in [0.1, 0.15) is 76.6 Å². The maximum atomic E-state index is 14.3. The minimum absolute atomic E-state index is 0.0429. The van der Waals surface area contributed by atoms with E-state index in [4.69, 9.17) is 9.47 Å². The molecular weight excluding hydrogens is 745 g/mol. The van der Waals surface area contributed by atoms with Crippen LogP contribution in [0.25, 0.3) is 10.8 Å². The molecule has 1 fully saturated rings. The molecule has 59 heavy (non-hydrogen) atoms. The standard InChI is InChI=1S/C47H56N6O6/c1-46(2,3)59-45(57)51-47(4,5)44(56)49-39(31-58-30-35-14-8-6-9-15-35)42(54)50-40-29-53(32-48-40)41(37-17-10-7-11-18-37)43(55)52-26-24-33(25-27-52)20-21-34-22-23-36-16-12-13-19-38(36)28-34/h6-19,22-23,28-29,32-33,39,41H,20-21,24-27,30-31H2,1-5H3,(H,49,56)(H,50,54)(H,51,57). The third kappa shape index (κ3) is 12.0. The van der Waals surface area contributed by atoms with E-state index in [1.54, 1.807) is 31.5 Å². The Hall–Kier alpha value is -6.01. The molecule has 1 aliphatic heterocycles. The number of likely N-dealkylation sites (tertiary alicyclic amines) is 1. The van der Waals surface area contributed by atoms with Crippen molar-refractivity contribution in [2.24, 2.45) is 5.92 Å². The van der Waals surface area contributed by atoms with Gasteiger partial charge < -0.3 is 34.9 Å². The third-order valence-electron chi connectivity index (χ3n) is 10.5. The van der Waals surface area contributed by atoms with Crippen LogP contribution in [0.15, 0.2) is 116 Å². The predicted octanol–water partition coefficient (Wildman–Crippen LogP) is 7.44. The summed E-state index contributed by atoms with van der Waals surface area (Å²) < 4.78 is 13.0. The van der Waals surface area contributed by atoms with E-state index in [1.807, 2.05) is 65.6 Å². The Morgan fingerprint density at radius 1 is 0.814 bits per heavy atom. The Morgan fingerprint density at radius 2 is 1.47 bits per heavy atom. The van der Waals surface area contributed by atoms with Crippen LogP contribution in [0.2, 0.25) is 0 Å². The Balaban J connectivity index is 1.11. The van der Waals surface area contributed by atoms with Crippen LogP contribution in [0.5, 0.6) is 0 Å². The molecule has 2 heterocycles. The molecule has 6 rings (SSSR count). The molecule has 12 nitrogen and oxygen atoms in total. The van der Waals surface area contributed by atoms with Gasteiger partial charge >= 0.3 is 6.09 Å². The van der Waals surface area contributed by atoms with Gasteiger partial charge in [0.2, 0.25) is 11.8 Å². The van der Waals surface area contributed by atoms with Crippen molar-refractivity contribution in [2.45, 2.75) is 90.1 Å². The summed E-state index contributed by atoms with van der Waals surface area (Å²) in [5, 5.41) is 10.6. The van der Waals surface area contributed by atoms with Gasteiger partial charge in [0.05, 0.1) is 19.5 Å². The highest BCUT2D eigenvalue weighted by Crippen LogP contribution is 2.28. The number of fused-ring (bicyclic) bond motifs is 1. The fourth-order valence-electron chi connectivity index (χ4n) is 7.22. The van der Waals surface area contributed by atoms with Crippen LogP contribution < -0.4 is 16.0 Å². The van der Waals surface area contributed by atoms with Crippen LogP contribution >= 0.6 is 0 Å². The number of nitrogens with one attached hydrogen (secondary N) is 3. The summed E-state index contributed by atoms with van der Waals surface area (Å²) >= 11 is 0. The van der Waals surface area contributed by atoms with Crippen molar-refractivity contribution in [1.29, 1.82) is 0 Å². The van der Waals surface area contributed by atoms with E-state index in [0.717, 1.165) is 36.8 Å². The molecule has 12 heteroatoms. The van der Waals surface area contributed by atoms with Crippen molar-refractivity contribution < 1.29 is 28.7 Å². The van der Waals surface area contributed by atoms with Gasteiger partial charge in [-0.15, -0.1) is 0 Å². The van der Waals surface area contributed by atoms with Gasteiger partial charge in [0.1, 0.15) is 23.2 Å². The number of piperidine rings is 1. The minimum Gasteiger partial charge on any atom is -0.444 e. The zero-order chi connectivity index (χ0) is 42.0. The zero-order valence-electron chi connectivity index (χ0n) is 34.6. The van der Waals surface area contributed by atoms with Crippen LogP contribution in [0.4, 0.5) is 10.6 Å². The number of hydrogen-bond acceptors (Lipinski definition) is 7. The summed E-state index contributed by atoms with van der Waals surface area (Å²) in [5.41, 5.74) is 0.822. The van der Waals surface area contributed by atoms with E-state index >= 15 is 0 Å². The average Bonchev–Trinajstić information content (AvgIpc) is 3.67. The lowest BCUT2D eigenvalue weighted by atomic mass is 9.89. The summed E-state index contributed by atoms with van der Waals surface area (Å²) in [5.74, 6) is -0.523. The fourth-order valence-corrected chi connectivity index (χ4v) is 7.22. The number of anilines is 1. The van der Waals surface area contributed by atoms with Gasteiger partial charge in [-0.1, -0.05) is 103 Å². The lowest BCUT2D eigenvalue weighted by molar-refractivity contribution is -0.135. The molecule has 4 amide bonds. The first-order valence-corrected chi connectivity index (χ1v) is 20.3. The lowest BCUT2D eigenvalue weighted by Gasteiger charge is -2.34. The van der Waals surface area contributed by atoms with Crippen LogP contribution in [-0.2, 0) is 36.9 Å². The molecule has 4 aromatic carbocycles. The fraction of sp³-hybridized carbons (Fsp3) is 0.383. The summed E-state index contributed by atoms with van der Waals surface area (Å²) in [6.45, 7) is 9.56. The number of benzene rings is 4. The number of carbonyl (C=O) groups is 4. The van der Waals surface area contributed by atoms with E-state index in [1.165, 1.54) is 36.5 Å². The molecule has 0 saturated carbocycles. The maximum Gasteiger partial charge on any atom is 0.408 e. The number of nitrogens with zero attached hydrogens (tertiary/aromatic N) is 3. The topological polar surface area (TPSA) is 144 Å². The highest BCUT2D eigenvalue weighted by Gasteiger charge is 2.35. The number of aryl methyl sites for hydroxylation is 1. The molecule has 3 N–H and O–H groups in total. The molecule has 0 aliphatic carbocycles. The van der Waals surface area contributed by atoms with E-state index in [9.17, 15) is 19.2 Å².